The quantitative estimate of drug-likeness (QED) is 0.639. The van der Waals surface area contributed by atoms with Gasteiger partial charge in [0.2, 0.25) is 15.9 Å². The summed E-state index contributed by atoms with van der Waals surface area (Å²) in [6.45, 7) is 0.0677. The van der Waals surface area contributed by atoms with E-state index in [1.807, 2.05) is 6.07 Å². The van der Waals surface area contributed by atoms with E-state index in [1.165, 1.54) is 4.31 Å². The Morgan fingerprint density at radius 2 is 1.68 bits per heavy atom. The Kier molecular flexibility index (Phi) is 7.92. The summed E-state index contributed by atoms with van der Waals surface area (Å²) in [6.07, 6.45) is 4.59. The monoisotopic (exact) mass is 446 g/mol. The molecule has 168 valence electrons. The molecule has 1 amide bonds. The predicted octanol–water partition coefficient (Wildman–Crippen LogP) is 3.34. The molecule has 0 heterocycles. The highest BCUT2D eigenvalue weighted by atomic mass is 32.2. The van der Waals surface area contributed by atoms with Crippen molar-refractivity contribution in [3.8, 4) is 11.5 Å². The zero-order valence-corrected chi connectivity index (χ0v) is 18.9. The van der Waals surface area contributed by atoms with Crippen LogP contribution in [-0.4, -0.2) is 45.4 Å². The van der Waals surface area contributed by atoms with Crippen molar-refractivity contribution in [3.05, 3.63) is 54.1 Å². The molecule has 1 aliphatic carbocycles. The molecule has 0 bridgehead atoms. The first-order chi connectivity index (χ1) is 15.0. The summed E-state index contributed by atoms with van der Waals surface area (Å²) in [6, 6.07) is 13.6. The van der Waals surface area contributed by atoms with Crippen molar-refractivity contribution in [3.63, 3.8) is 0 Å². The average Bonchev–Trinajstić information content (AvgIpc) is 2.82. The Hall–Kier alpha value is -2.58. The van der Waals surface area contributed by atoms with Crippen LogP contribution in [0.3, 0.4) is 0 Å². The minimum absolute atomic E-state index is 0.161. The van der Waals surface area contributed by atoms with Crippen molar-refractivity contribution in [2.75, 3.05) is 20.8 Å². The number of hydrogen-bond donors (Lipinski definition) is 1. The van der Waals surface area contributed by atoms with E-state index >= 15 is 0 Å². The van der Waals surface area contributed by atoms with Gasteiger partial charge in [0.1, 0.15) is 0 Å². The molecular weight excluding hydrogens is 416 g/mol. The standard InChI is InChI=1S/C23H30N2O5S/c1-29-21-14-13-18(15-22(21)30-2)16-24-23(26)17-25(19-9-5-3-6-10-19)31(27,28)20-11-7-4-8-12-20/h4,7-8,11-15,19H,3,5-6,9-10,16-17H2,1-2H3,(H,24,26). The highest BCUT2D eigenvalue weighted by molar-refractivity contribution is 7.89. The lowest BCUT2D eigenvalue weighted by Crippen LogP contribution is -2.46. The summed E-state index contributed by atoms with van der Waals surface area (Å²) in [4.78, 5) is 13.0. The fraction of sp³-hybridized carbons (Fsp3) is 0.435. The van der Waals surface area contributed by atoms with Crippen molar-refractivity contribution in [1.82, 2.24) is 9.62 Å². The first-order valence-electron chi connectivity index (χ1n) is 10.5. The molecule has 31 heavy (non-hydrogen) atoms. The second-order valence-electron chi connectivity index (χ2n) is 7.62. The third-order valence-corrected chi connectivity index (χ3v) is 7.48. The maximum atomic E-state index is 13.3. The van der Waals surface area contributed by atoms with Gasteiger partial charge in [0, 0.05) is 12.6 Å². The van der Waals surface area contributed by atoms with Crippen LogP contribution < -0.4 is 14.8 Å². The van der Waals surface area contributed by atoms with Crippen molar-refractivity contribution < 1.29 is 22.7 Å². The lowest BCUT2D eigenvalue weighted by atomic mass is 9.95. The van der Waals surface area contributed by atoms with Gasteiger partial charge in [-0.25, -0.2) is 8.42 Å². The number of carbonyl (C=O) groups is 1. The van der Waals surface area contributed by atoms with Crippen LogP contribution in [0.15, 0.2) is 53.4 Å². The lowest BCUT2D eigenvalue weighted by Gasteiger charge is -2.33. The number of carbonyl (C=O) groups excluding carboxylic acids is 1. The minimum Gasteiger partial charge on any atom is -0.493 e. The number of benzene rings is 2. The maximum absolute atomic E-state index is 13.3. The van der Waals surface area contributed by atoms with E-state index in [4.69, 9.17) is 9.47 Å². The summed E-state index contributed by atoms with van der Waals surface area (Å²) in [5, 5.41) is 2.84. The first kappa shape index (κ1) is 23.1. The SMILES string of the molecule is COc1ccc(CNC(=O)CN(C2CCCCC2)S(=O)(=O)c2ccccc2)cc1OC. The third-order valence-electron chi connectivity index (χ3n) is 5.57. The molecule has 7 nitrogen and oxygen atoms in total. The average molecular weight is 447 g/mol. The van der Waals surface area contributed by atoms with Crippen molar-refractivity contribution in [2.24, 2.45) is 0 Å². The molecule has 2 aromatic rings. The van der Waals surface area contributed by atoms with Gasteiger partial charge >= 0.3 is 0 Å². The zero-order valence-electron chi connectivity index (χ0n) is 18.0. The summed E-state index contributed by atoms with van der Waals surface area (Å²) >= 11 is 0. The maximum Gasteiger partial charge on any atom is 0.243 e. The zero-order chi connectivity index (χ0) is 22.3. The summed E-state index contributed by atoms with van der Waals surface area (Å²) in [5.41, 5.74) is 0.834. The molecule has 0 spiro atoms. The summed E-state index contributed by atoms with van der Waals surface area (Å²) < 4.78 is 38.5. The number of ether oxygens (including phenoxy) is 2. The van der Waals surface area contributed by atoms with Gasteiger partial charge in [0.15, 0.2) is 11.5 Å². The highest BCUT2D eigenvalue weighted by Crippen LogP contribution is 2.29. The number of nitrogens with one attached hydrogen (secondary N) is 1. The van der Waals surface area contributed by atoms with Gasteiger partial charge in [-0.05, 0) is 42.7 Å². The van der Waals surface area contributed by atoms with E-state index in [9.17, 15) is 13.2 Å². The van der Waals surface area contributed by atoms with Gasteiger partial charge in [-0.3, -0.25) is 4.79 Å². The molecule has 2 aromatic carbocycles. The number of rotatable bonds is 9. The van der Waals surface area contributed by atoms with E-state index in [1.54, 1.807) is 56.7 Å². The first-order valence-corrected chi connectivity index (χ1v) is 11.9. The number of sulfonamides is 1. The van der Waals surface area contributed by atoms with Crippen molar-refractivity contribution >= 4 is 15.9 Å². The molecule has 1 saturated carbocycles. The fourth-order valence-electron chi connectivity index (χ4n) is 3.90. The van der Waals surface area contributed by atoms with Crippen molar-refractivity contribution in [2.45, 2.75) is 49.6 Å². The molecule has 3 rings (SSSR count). The number of nitrogens with zero attached hydrogens (tertiary/aromatic N) is 1. The highest BCUT2D eigenvalue weighted by Gasteiger charge is 2.33. The lowest BCUT2D eigenvalue weighted by molar-refractivity contribution is -0.121. The van der Waals surface area contributed by atoms with Gasteiger partial charge < -0.3 is 14.8 Å². The van der Waals surface area contributed by atoms with Crippen LogP contribution in [0.5, 0.6) is 11.5 Å². The minimum atomic E-state index is -3.76. The van der Waals surface area contributed by atoms with E-state index in [0.29, 0.717) is 11.5 Å². The third kappa shape index (κ3) is 5.77. The van der Waals surface area contributed by atoms with Gasteiger partial charge in [-0.2, -0.15) is 4.31 Å². The van der Waals surface area contributed by atoms with Crippen LogP contribution >= 0.6 is 0 Å². The van der Waals surface area contributed by atoms with Crippen LogP contribution in [0, 0.1) is 0 Å². The van der Waals surface area contributed by atoms with Gasteiger partial charge in [0.05, 0.1) is 25.7 Å². The Morgan fingerprint density at radius 1 is 1.00 bits per heavy atom. The Labute approximate surface area is 184 Å². The fourth-order valence-corrected chi connectivity index (χ4v) is 5.56. The Bertz CT molecular complexity index is 973. The van der Waals surface area contributed by atoms with Crippen LogP contribution in [0.4, 0.5) is 0 Å². The second-order valence-corrected chi connectivity index (χ2v) is 9.51. The number of amides is 1. The molecule has 0 saturated heterocycles. The van der Waals surface area contributed by atoms with Gasteiger partial charge in [0.25, 0.3) is 0 Å². The largest absolute Gasteiger partial charge is 0.493 e. The molecule has 0 atom stereocenters. The van der Waals surface area contributed by atoms with E-state index in [2.05, 4.69) is 5.32 Å². The molecule has 0 unspecified atom stereocenters. The molecule has 8 heteroatoms. The topological polar surface area (TPSA) is 84.9 Å². The van der Waals surface area contributed by atoms with E-state index < -0.39 is 10.0 Å². The van der Waals surface area contributed by atoms with Gasteiger partial charge in [-0.15, -0.1) is 0 Å². The summed E-state index contributed by atoms with van der Waals surface area (Å²) in [5.74, 6) is 0.847. The smallest absolute Gasteiger partial charge is 0.243 e. The normalized spacial score (nSPS) is 14.9. The Balaban J connectivity index is 1.73. The Morgan fingerprint density at radius 3 is 2.32 bits per heavy atom. The number of hydrogen-bond acceptors (Lipinski definition) is 5. The van der Waals surface area contributed by atoms with Crippen LogP contribution in [0.2, 0.25) is 0 Å². The molecular formula is C23H30N2O5S. The van der Waals surface area contributed by atoms with Crippen molar-refractivity contribution in [1.29, 1.82) is 0 Å². The molecule has 1 aliphatic rings. The van der Waals surface area contributed by atoms with E-state index in [-0.39, 0.29) is 29.9 Å². The molecule has 0 radical (unpaired) electrons. The van der Waals surface area contributed by atoms with Crippen LogP contribution in [-0.2, 0) is 21.4 Å². The van der Waals surface area contributed by atoms with E-state index in [0.717, 1.165) is 37.7 Å². The van der Waals surface area contributed by atoms with Crippen LogP contribution in [0.1, 0.15) is 37.7 Å². The molecule has 1 fully saturated rings. The van der Waals surface area contributed by atoms with Gasteiger partial charge in [-0.1, -0.05) is 43.5 Å². The predicted molar refractivity (Wildman–Crippen MR) is 119 cm³/mol. The number of methoxy groups -OCH3 is 2. The second kappa shape index (κ2) is 10.6. The molecule has 1 N–H and O–H groups in total. The molecule has 0 aliphatic heterocycles. The van der Waals surface area contributed by atoms with Crippen LogP contribution in [0.25, 0.3) is 0 Å². The summed E-state index contributed by atoms with van der Waals surface area (Å²) in [7, 11) is -0.648. The molecule has 0 aromatic heterocycles.